The van der Waals surface area contributed by atoms with Crippen molar-refractivity contribution in [3.05, 3.63) is 0 Å². The molecule has 0 bridgehead atoms. The van der Waals surface area contributed by atoms with Crippen LogP contribution in [0, 0.1) is 17.8 Å². The Morgan fingerprint density at radius 1 is 1.05 bits per heavy atom. The van der Waals surface area contributed by atoms with Crippen molar-refractivity contribution in [3.63, 3.8) is 0 Å². The Morgan fingerprint density at radius 2 is 1.60 bits per heavy atom. The van der Waals surface area contributed by atoms with Crippen LogP contribution in [-0.2, 0) is 10.2 Å². The van der Waals surface area contributed by atoms with Gasteiger partial charge in [0.1, 0.15) is 0 Å². The largest absolute Gasteiger partial charge is 0.316 e. The van der Waals surface area contributed by atoms with Crippen molar-refractivity contribution >= 4 is 10.2 Å². The summed E-state index contributed by atoms with van der Waals surface area (Å²) in [6.07, 6.45) is 1.90. The molecule has 0 aliphatic carbocycles. The Labute approximate surface area is 124 Å². The molecular weight excluding hydrogens is 274 g/mol. The number of nitrogens with zero attached hydrogens (tertiary/aromatic N) is 1. The third-order valence-corrected chi connectivity index (χ3v) is 5.15. The number of rotatable bonds is 8. The first-order chi connectivity index (χ1) is 9.31. The Bertz CT molecular complexity index is 361. The molecule has 0 aromatic rings. The summed E-state index contributed by atoms with van der Waals surface area (Å²) in [7, 11) is -3.27. The van der Waals surface area contributed by atoms with E-state index in [2.05, 4.69) is 23.9 Å². The third kappa shape index (κ3) is 6.52. The lowest BCUT2D eigenvalue weighted by Crippen LogP contribution is -2.46. The van der Waals surface area contributed by atoms with Crippen LogP contribution in [0.15, 0.2) is 0 Å². The molecule has 0 radical (unpaired) electrons. The average molecular weight is 305 g/mol. The Morgan fingerprint density at radius 3 is 2.10 bits per heavy atom. The van der Waals surface area contributed by atoms with Gasteiger partial charge in [-0.25, -0.2) is 4.72 Å². The summed E-state index contributed by atoms with van der Waals surface area (Å²) in [4.78, 5) is 0. The molecule has 1 rings (SSSR count). The van der Waals surface area contributed by atoms with Gasteiger partial charge in [-0.3, -0.25) is 0 Å². The Kier molecular flexibility index (Phi) is 7.43. The van der Waals surface area contributed by atoms with Crippen LogP contribution in [0.25, 0.3) is 0 Å². The summed E-state index contributed by atoms with van der Waals surface area (Å²) in [5.74, 6) is 1.60. The molecule has 0 aromatic heterocycles. The minimum absolute atomic E-state index is 0.336. The number of nitrogens with one attached hydrogen (secondary N) is 2. The molecule has 0 spiro atoms. The summed E-state index contributed by atoms with van der Waals surface area (Å²) in [5, 5.41) is 3.46. The van der Waals surface area contributed by atoms with Crippen LogP contribution < -0.4 is 10.0 Å². The van der Waals surface area contributed by atoms with Crippen LogP contribution >= 0.6 is 0 Å². The van der Waals surface area contributed by atoms with E-state index in [-0.39, 0.29) is 0 Å². The molecular formula is C14H31N3O2S. The van der Waals surface area contributed by atoms with Crippen molar-refractivity contribution in [1.82, 2.24) is 14.3 Å². The van der Waals surface area contributed by atoms with E-state index in [1.165, 1.54) is 0 Å². The zero-order valence-electron chi connectivity index (χ0n) is 13.4. The number of hydrogen-bond acceptors (Lipinski definition) is 3. The van der Waals surface area contributed by atoms with Gasteiger partial charge in [-0.15, -0.1) is 0 Å². The van der Waals surface area contributed by atoms with Crippen molar-refractivity contribution in [1.29, 1.82) is 0 Å². The molecule has 6 heteroatoms. The van der Waals surface area contributed by atoms with E-state index in [4.69, 9.17) is 0 Å². The molecule has 2 N–H and O–H groups in total. The summed E-state index contributed by atoms with van der Waals surface area (Å²) >= 11 is 0. The fourth-order valence-corrected chi connectivity index (χ4v) is 3.71. The SMILES string of the molecule is CC(C)CNCC1CCN(S(=O)(=O)NCC(C)C)CC1. The molecule has 0 unspecified atom stereocenters. The molecule has 120 valence electrons. The molecule has 1 heterocycles. The minimum Gasteiger partial charge on any atom is -0.316 e. The maximum atomic E-state index is 12.1. The quantitative estimate of drug-likeness (QED) is 0.713. The zero-order chi connectivity index (χ0) is 15.2. The van der Waals surface area contributed by atoms with Crippen LogP contribution in [0.4, 0.5) is 0 Å². The number of hydrogen-bond donors (Lipinski definition) is 2. The lowest BCUT2D eigenvalue weighted by atomic mass is 9.98. The highest BCUT2D eigenvalue weighted by Crippen LogP contribution is 2.18. The van der Waals surface area contributed by atoms with Crippen LogP contribution in [0.5, 0.6) is 0 Å². The second kappa shape index (κ2) is 8.32. The van der Waals surface area contributed by atoms with Crippen LogP contribution in [0.3, 0.4) is 0 Å². The molecule has 1 aliphatic heterocycles. The summed E-state index contributed by atoms with van der Waals surface area (Å²) in [6, 6.07) is 0. The molecule has 0 aromatic carbocycles. The van der Waals surface area contributed by atoms with E-state index >= 15 is 0 Å². The van der Waals surface area contributed by atoms with Crippen molar-refractivity contribution < 1.29 is 8.42 Å². The standard InChI is InChI=1S/C14H31N3O2S/c1-12(2)9-15-11-14-5-7-17(8-6-14)20(18,19)16-10-13(3)4/h12-16H,5-11H2,1-4H3. The van der Waals surface area contributed by atoms with E-state index < -0.39 is 10.2 Å². The van der Waals surface area contributed by atoms with E-state index in [1.54, 1.807) is 4.31 Å². The minimum atomic E-state index is -3.27. The van der Waals surface area contributed by atoms with Gasteiger partial charge < -0.3 is 5.32 Å². The Balaban J connectivity index is 2.30. The first-order valence-electron chi connectivity index (χ1n) is 7.76. The van der Waals surface area contributed by atoms with Crippen molar-refractivity contribution in [2.45, 2.75) is 40.5 Å². The van der Waals surface area contributed by atoms with E-state index in [1.807, 2.05) is 13.8 Å². The highest BCUT2D eigenvalue weighted by molar-refractivity contribution is 7.87. The fourth-order valence-electron chi connectivity index (χ4n) is 2.29. The van der Waals surface area contributed by atoms with Gasteiger partial charge >= 0.3 is 0 Å². The van der Waals surface area contributed by atoms with Crippen molar-refractivity contribution in [2.75, 3.05) is 32.7 Å². The van der Waals surface area contributed by atoms with Gasteiger partial charge in [0, 0.05) is 19.6 Å². The maximum Gasteiger partial charge on any atom is 0.279 e. The summed E-state index contributed by atoms with van der Waals surface area (Å²) in [5.41, 5.74) is 0. The van der Waals surface area contributed by atoms with E-state index in [0.29, 0.717) is 37.4 Å². The first-order valence-corrected chi connectivity index (χ1v) is 9.20. The second-order valence-corrected chi connectivity index (χ2v) is 8.40. The van der Waals surface area contributed by atoms with E-state index in [9.17, 15) is 8.42 Å². The van der Waals surface area contributed by atoms with Crippen LogP contribution in [0.2, 0.25) is 0 Å². The van der Waals surface area contributed by atoms with Gasteiger partial charge in [-0.1, -0.05) is 27.7 Å². The van der Waals surface area contributed by atoms with Gasteiger partial charge in [0.25, 0.3) is 10.2 Å². The maximum absolute atomic E-state index is 12.1. The van der Waals surface area contributed by atoms with Gasteiger partial charge in [0.15, 0.2) is 0 Å². The Hall–Kier alpha value is -0.170. The van der Waals surface area contributed by atoms with Gasteiger partial charge in [0.05, 0.1) is 0 Å². The molecule has 5 nitrogen and oxygen atoms in total. The highest BCUT2D eigenvalue weighted by atomic mass is 32.2. The summed E-state index contributed by atoms with van der Waals surface area (Å²) in [6.45, 7) is 12.2. The highest BCUT2D eigenvalue weighted by Gasteiger charge is 2.27. The summed E-state index contributed by atoms with van der Waals surface area (Å²) < 4.78 is 28.5. The van der Waals surface area contributed by atoms with Crippen molar-refractivity contribution in [3.8, 4) is 0 Å². The predicted octanol–water partition coefficient (Wildman–Crippen LogP) is 1.43. The molecule has 1 fully saturated rings. The molecule has 20 heavy (non-hydrogen) atoms. The van der Waals surface area contributed by atoms with E-state index in [0.717, 1.165) is 25.9 Å². The number of piperidine rings is 1. The normalized spacial score (nSPS) is 19.1. The molecule has 1 aliphatic rings. The first kappa shape index (κ1) is 17.9. The smallest absolute Gasteiger partial charge is 0.279 e. The topological polar surface area (TPSA) is 61.4 Å². The molecule has 0 amide bonds. The van der Waals surface area contributed by atoms with Gasteiger partial charge in [-0.05, 0) is 43.7 Å². The molecule has 0 saturated carbocycles. The monoisotopic (exact) mass is 305 g/mol. The third-order valence-electron chi connectivity index (χ3n) is 3.57. The zero-order valence-corrected chi connectivity index (χ0v) is 14.2. The second-order valence-electron chi connectivity index (χ2n) is 6.64. The van der Waals surface area contributed by atoms with Gasteiger partial charge in [0.2, 0.25) is 0 Å². The average Bonchev–Trinajstić information content (AvgIpc) is 2.37. The fraction of sp³-hybridized carbons (Fsp3) is 1.00. The van der Waals surface area contributed by atoms with Crippen molar-refractivity contribution in [2.24, 2.45) is 17.8 Å². The molecule has 1 saturated heterocycles. The predicted molar refractivity (Wildman–Crippen MR) is 83.8 cm³/mol. The van der Waals surface area contributed by atoms with Crippen LogP contribution in [-0.4, -0.2) is 45.4 Å². The van der Waals surface area contributed by atoms with Gasteiger partial charge in [-0.2, -0.15) is 12.7 Å². The van der Waals surface area contributed by atoms with Crippen LogP contribution in [0.1, 0.15) is 40.5 Å². The molecule has 0 atom stereocenters. The lowest BCUT2D eigenvalue weighted by molar-refractivity contribution is 0.263. The lowest BCUT2D eigenvalue weighted by Gasteiger charge is -2.31.